The Hall–Kier alpha value is -1.55. The van der Waals surface area contributed by atoms with Crippen LogP contribution in [-0.4, -0.2) is 31.4 Å². The maximum atomic E-state index is 10.6. The van der Waals surface area contributed by atoms with Crippen LogP contribution in [0.3, 0.4) is 0 Å². The molecule has 2 N–H and O–H groups in total. The van der Waals surface area contributed by atoms with Gasteiger partial charge in [-0.25, -0.2) is 0 Å². The van der Waals surface area contributed by atoms with E-state index in [1.807, 2.05) is 18.2 Å². The van der Waals surface area contributed by atoms with Crippen LogP contribution >= 0.6 is 0 Å². The van der Waals surface area contributed by atoms with E-state index in [-0.39, 0.29) is 5.92 Å². The number of piperidine rings is 1. The van der Waals surface area contributed by atoms with Crippen LogP contribution in [-0.2, 0) is 11.3 Å². The molecule has 97 valence electrons. The summed E-state index contributed by atoms with van der Waals surface area (Å²) in [6.07, 6.45) is 3.89. The van der Waals surface area contributed by atoms with Gasteiger partial charge in [0.2, 0.25) is 6.29 Å². The molecule has 1 heterocycles. The van der Waals surface area contributed by atoms with E-state index in [9.17, 15) is 4.79 Å². The first-order chi connectivity index (χ1) is 8.72. The highest BCUT2D eigenvalue weighted by Crippen LogP contribution is 2.24. The average Bonchev–Trinajstić information content (AvgIpc) is 2.40. The largest absolute Gasteiger partial charge is 0.496 e. The maximum Gasteiger partial charge on any atom is 0.201 e. The molecule has 1 aromatic rings. The number of rotatable bonds is 4. The molecule has 0 amide bonds. The average molecular weight is 247 g/mol. The molecule has 1 fully saturated rings. The summed E-state index contributed by atoms with van der Waals surface area (Å²) in [5.41, 5.74) is 7.66. The van der Waals surface area contributed by atoms with Gasteiger partial charge in [-0.05, 0) is 44.1 Å². The van der Waals surface area contributed by atoms with Crippen LogP contribution in [0, 0.1) is 5.92 Å². The number of methoxy groups -OCH3 is 1. The molecule has 0 aliphatic carbocycles. The Bertz CT molecular complexity index is 412. The van der Waals surface area contributed by atoms with E-state index in [2.05, 4.69) is 11.2 Å². The molecule has 0 atom stereocenters. The number of nitrogens with zero attached hydrogens (tertiary/aromatic N) is 1. The highest BCUT2D eigenvalue weighted by atomic mass is 16.5. The van der Waals surface area contributed by atoms with Gasteiger partial charge in [0.1, 0.15) is 5.75 Å². The third-order valence-corrected chi connectivity index (χ3v) is 3.45. The predicted octanol–water partition coefficient (Wildman–Crippen LogP) is 1.60. The van der Waals surface area contributed by atoms with Gasteiger partial charge in [-0.3, -0.25) is 9.69 Å². The monoisotopic (exact) mass is 247 g/mol. The lowest BCUT2D eigenvalue weighted by Gasteiger charge is -2.29. The third kappa shape index (κ3) is 3.01. The van der Waals surface area contributed by atoms with Gasteiger partial charge >= 0.3 is 0 Å². The van der Waals surface area contributed by atoms with E-state index in [0.29, 0.717) is 0 Å². The van der Waals surface area contributed by atoms with E-state index in [1.54, 1.807) is 7.11 Å². The molecule has 1 saturated heterocycles. The number of likely N-dealkylation sites (tertiary alicyclic amines) is 1. The van der Waals surface area contributed by atoms with Crippen molar-refractivity contribution in [1.82, 2.24) is 4.90 Å². The SMILES string of the molecule is COc1ccc(N)cc1CN1CCC([C]=O)CC1. The Balaban J connectivity index is 2.01. The van der Waals surface area contributed by atoms with E-state index < -0.39 is 0 Å². The molecule has 1 aliphatic rings. The molecule has 1 aromatic carbocycles. The fraction of sp³-hybridized carbons (Fsp3) is 0.500. The van der Waals surface area contributed by atoms with Crippen molar-refractivity contribution < 1.29 is 9.53 Å². The van der Waals surface area contributed by atoms with Gasteiger partial charge in [0.15, 0.2) is 0 Å². The van der Waals surface area contributed by atoms with E-state index in [4.69, 9.17) is 10.5 Å². The minimum atomic E-state index is 0.115. The zero-order valence-corrected chi connectivity index (χ0v) is 10.7. The quantitative estimate of drug-likeness (QED) is 0.821. The van der Waals surface area contributed by atoms with Crippen molar-refractivity contribution in [2.75, 3.05) is 25.9 Å². The number of anilines is 1. The normalized spacial score (nSPS) is 17.6. The second kappa shape index (κ2) is 5.87. The molecule has 0 unspecified atom stereocenters. The van der Waals surface area contributed by atoms with Gasteiger partial charge in [0, 0.05) is 23.7 Å². The summed E-state index contributed by atoms with van der Waals surface area (Å²) >= 11 is 0. The van der Waals surface area contributed by atoms with Crippen LogP contribution in [0.5, 0.6) is 5.75 Å². The fourth-order valence-corrected chi connectivity index (χ4v) is 2.37. The number of benzene rings is 1. The highest BCUT2D eigenvalue weighted by Gasteiger charge is 2.20. The van der Waals surface area contributed by atoms with Crippen molar-refractivity contribution >= 4 is 12.0 Å². The Morgan fingerprint density at radius 3 is 2.78 bits per heavy atom. The summed E-state index contributed by atoms with van der Waals surface area (Å²) in [4.78, 5) is 12.9. The zero-order chi connectivity index (χ0) is 13.0. The predicted molar refractivity (Wildman–Crippen MR) is 71.1 cm³/mol. The molecule has 4 heteroatoms. The number of carbonyl (C=O) groups excluding carboxylic acids is 1. The van der Waals surface area contributed by atoms with E-state index in [0.717, 1.165) is 49.5 Å². The van der Waals surface area contributed by atoms with Gasteiger partial charge in [-0.15, -0.1) is 0 Å². The molecular formula is C14H19N2O2. The van der Waals surface area contributed by atoms with Gasteiger partial charge in [-0.1, -0.05) is 0 Å². The Labute approximate surface area is 108 Å². The maximum absolute atomic E-state index is 10.6. The lowest BCUT2D eigenvalue weighted by molar-refractivity contribution is 0.198. The van der Waals surface area contributed by atoms with E-state index in [1.165, 1.54) is 0 Å². The number of nitrogens with two attached hydrogens (primary N) is 1. The molecule has 0 bridgehead atoms. The molecule has 4 nitrogen and oxygen atoms in total. The lowest BCUT2D eigenvalue weighted by atomic mass is 9.98. The standard InChI is InChI=1S/C14H19N2O2/c1-18-14-3-2-13(15)8-12(14)9-16-6-4-11(10-17)5-7-16/h2-3,8,11H,4-7,9,15H2,1H3. The Morgan fingerprint density at radius 1 is 1.44 bits per heavy atom. The fourth-order valence-electron chi connectivity index (χ4n) is 2.37. The first-order valence-corrected chi connectivity index (χ1v) is 6.25. The summed E-state index contributed by atoms with van der Waals surface area (Å²) in [5.74, 6) is 0.984. The van der Waals surface area contributed by atoms with Crippen LogP contribution in [0.4, 0.5) is 5.69 Å². The second-order valence-electron chi connectivity index (χ2n) is 4.74. The van der Waals surface area contributed by atoms with Gasteiger partial charge in [-0.2, -0.15) is 0 Å². The molecule has 1 radical (unpaired) electrons. The van der Waals surface area contributed by atoms with Gasteiger partial charge in [0.25, 0.3) is 0 Å². The van der Waals surface area contributed by atoms with Crippen molar-refractivity contribution in [3.63, 3.8) is 0 Å². The minimum Gasteiger partial charge on any atom is -0.496 e. The molecule has 0 spiro atoms. The van der Waals surface area contributed by atoms with Gasteiger partial charge in [0.05, 0.1) is 7.11 Å². The number of ether oxygens (including phenoxy) is 1. The van der Waals surface area contributed by atoms with Crippen molar-refractivity contribution in [3.8, 4) is 5.75 Å². The lowest BCUT2D eigenvalue weighted by Crippen LogP contribution is -2.33. The molecule has 18 heavy (non-hydrogen) atoms. The third-order valence-electron chi connectivity index (χ3n) is 3.45. The van der Waals surface area contributed by atoms with Crippen molar-refractivity contribution in [2.45, 2.75) is 19.4 Å². The summed E-state index contributed by atoms with van der Waals surface area (Å²) in [5, 5.41) is 0. The zero-order valence-electron chi connectivity index (χ0n) is 10.7. The molecule has 0 aromatic heterocycles. The smallest absolute Gasteiger partial charge is 0.201 e. The first kappa shape index (κ1) is 12.9. The number of hydrogen-bond donors (Lipinski definition) is 1. The van der Waals surface area contributed by atoms with Crippen molar-refractivity contribution in [3.05, 3.63) is 23.8 Å². The molecular weight excluding hydrogens is 228 g/mol. The highest BCUT2D eigenvalue weighted by molar-refractivity contribution is 5.54. The Morgan fingerprint density at radius 2 is 2.17 bits per heavy atom. The summed E-state index contributed by atoms with van der Waals surface area (Å²) < 4.78 is 5.34. The Kier molecular flexibility index (Phi) is 4.20. The molecule has 2 rings (SSSR count). The first-order valence-electron chi connectivity index (χ1n) is 6.25. The van der Waals surface area contributed by atoms with E-state index >= 15 is 0 Å². The van der Waals surface area contributed by atoms with Crippen LogP contribution in [0.25, 0.3) is 0 Å². The van der Waals surface area contributed by atoms with Crippen LogP contribution in [0.1, 0.15) is 18.4 Å². The number of hydrogen-bond acceptors (Lipinski definition) is 4. The topological polar surface area (TPSA) is 55.6 Å². The van der Waals surface area contributed by atoms with Crippen LogP contribution in [0.2, 0.25) is 0 Å². The second-order valence-corrected chi connectivity index (χ2v) is 4.74. The van der Waals surface area contributed by atoms with Crippen LogP contribution < -0.4 is 10.5 Å². The van der Waals surface area contributed by atoms with Crippen LogP contribution in [0.15, 0.2) is 18.2 Å². The summed E-state index contributed by atoms with van der Waals surface area (Å²) in [7, 11) is 1.67. The molecule has 0 saturated carbocycles. The number of nitrogen functional groups attached to an aromatic ring is 1. The van der Waals surface area contributed by atoms with Crippen molar-refractivity contribution in [2.24, 2.45) is 5.92 Å². The molecule has 1 aliphatic heterocycles. The van der Waals surface area contributed by atoms with Gasteiger partial charge < -0.3 is 10.5 Å². The minimum absolute atomic E-state index is 0.115. The summed E-state index contributed by atoms with van der Waals surface area (Å²) in [6.45, 7) is 2.68. The van der Waals surface area contributed by atoms with Crippen molar-refractivity contribution in [1.29, 1.82) is 0 Å². The summed E-state index contributed by atoms with van der Waals surface area (Å²) in [6, 6.07) is 5.70.